The van der Waals surface area contributed by atoms with Gasteiger partial charge in [-0.05, 0) is 42.7 Å². The Morgan fingerprint density at radius 2 is 1.85 bits per heavy atom. The molecule has 0 heterocycles. The van der Waals surface area contributed by atoms with E-state index in [2.05, 4.69) is 20.8 Å². The summed E-state index contributed by atoms with van der Waals surface area (Å²) in [5.74, 6) is 1.79. The Morgan fingerprint density at radius 1 is 1.20 bits per heavy atom. The molecule has 3 heteroatoms. The first kappa shape index (κ1) is 15.8. The third-order valence-electron chi connectivity index (χ3n) is 4.52. The molecule has 0 amide bonds. The zero-order valence-corrected chi connectivity index (χ0v) is 14.0. The molecule has 1 aliphatic rings. The first-order valence-electron chi connectivity index (χ1n) is 7.71. The van der Waals surface area contributed by atoms with E-state index in [-0.39, 0.29) is 6.10 Å². The Kier molecular flexibility index (Phi) is 5.09. The average molecular weight is 294 g/mol. The second-order valence-corrected chi connectivity index (χ2v) is 9.07. The molecule has 1 saturated carbocycles. The van der Waals surface area contributed by atoms with Crippen LogP contribution in [0.3, 0.4) is 0 Å². The lowest BCUT2D eigenvalue weighted by molar-refractivity contribution is 0.0506. The molecule has 2 nitrogen and oxygen atoms in total. The Bertz CT molecular complexity index is 469. The van der Waals surface area contributed by atoms with Gasteiger partial charge in [0.1, 0.15) is 0 Å². The van der Waals surface area contributed by atoms with Crippen molar-refractivity contribution < 1.29 is 9.09 Å². The van der Waals surface area contributed by atoms with Gasteiger partial charge in [-0.25, -0.2) is 0 Å². The van der Waals surface area contributed by atoms with Crippen LogP contribution in [0.25, 0.3) is 0 Å². The lowest BCUT2D eigenvalue weighted by Crippen LogP contribution is -2.34. The van der Waals surface area contributed by atoms with Crippen LogP contribution < -0.4 is 5.30 Å². The highest BCUT2D eigenvalue weighted by molar-refractivity contribution is 7.66. The molecule has 0 bridgehead atoms. The van der Waals surface area contributed by atoms with E-state index in [1.165, 1.54) is 12.8 Å². The molecule has 2 rings (SSSR count). The van der Waals surface area contributed by atoms with Crippen molar-refractivity contribution >= 4 is 12.7 Å². The number of benzene rings is 1. The maximum atomic E-state index is 12.9. The summed E-state index contributed by atoms with van der Waals surface area (Å²) in [6.45, 7) is 8.54. The monoisotopic (exact) mass is 294 g/mol. The molecule has 4 atom stereocenters. The largest absolute Gasteiger partial charge is 0.322 e. The molecule has 20 heavy (non-hydrogen) atoms. The third kappa shape index (κ3) is 3.74. The predicted molar refractivity (Wildman–Crippen MR) is 85.8 cm³/mol. The average Bonchev–Trinajstić information content (AvgIpc) is 2.39. The molecule has 0 aliphatic heterocycles. The van der Waals surface area contributed by atoms with Crippen LogP contribution in [0.1, 0.15) is 40.0 Å². The number of hydrogen-bond acceptors (Lipinski definition) is 2. The van der Waals surface area contributed by atoms with Crippen molar-refractivity contribution in [1.82, 2.24) is 0 Å². The summed E-state index contributed by atoms with van der Waals surface area (Å²) in [5, 5.41) is 0.834. The Morgan fingerprint density at radius 3 is 2.45 bits per heavy atom. The topological polar surface area (TPSA) is 26.3 Å². The van der Waals surface area contributed by atoms with Gasteiger partial charge in [0, 0.05) is 12.0 Å². The molecule has 0 spiro atoms. The van der Waals surface area contributed by atoms with Crippen LogP contribution in [0.4, 0.5) is 0 Å². The molecular formula is C17H27O2P. The van der Waals surface area contributed by atoms with Gasteiger partial charge >= 0.3 is 0 Å². The summed E-state index contributed by atoms with van der Waals surface area (Å²) in [6.07, 6.45) is 3.63. The van der Waals surface area contributed by atoms with Crippen LogP contribution in [0, 0.1) is 17.8 Å². The third-order valence-corrected chi connectivity index (χ3v) is 6.43. The van der Waals surface area contributed by atoms with E-state index in [0.717, 1.165) is 11.7 Å². The van der Waals surface area contributed by atoms with Gasteiger partial charge in [0.2, 0.25) is 7.37 Å². The molecule has 0 aromatic heterocycles. The van der Waals surface area contributed by atoms with Crippen molar-refractivity contribution in [2.75, 3.05) is 6.66 Å². The molecule has 1 aliphatic carbocycles. The number of hydrogen-bond donors (Lipinski definition) is 0. The van der Waals surface area contributed by atoms with Crippen molar-refractivity contribution in [3.05, 3.63) is 30.3 Å². The van der Waals surface area contributed by atoms with Crippen molar-refractivity contribution in [3.63, 3.8) is 0 Å². The summed E-state index contributed by atoms with van der Waals surface area (Å²) < 4.78 is 19.1. The summed E-state index contributed by atoms with van der Waals surface area (Å²) in [6, 6.07) is 9.63. The SMILES string of the molecule is CC(C)[C@H]1CC[C@@H](C)C[C@H]1O[P@](C)(=O)c1ccccc1. The maximum absolute atomic E-state index is 12.9. The minimum Gasteiger partial charge on any atom is -0.322 e. The van der Waals surface area contributed by atoms with E-state index in [9.17, 15) is 4.57 Å². The lowest BCUT2D eigenvalue weighted by Gasteiger charge is -2.38. The smallest absolute Gasteiger partial charge is 0.229 e. The first-order valence-corrected chi connectivity index (χ1v) is 9.79. The molecule has 112 valence electrons. The van der Waals surface area contributed by atoms with E-state index in [0.29, 0.717) is 17.8 Å². The van der Waals surface area contributed by atoms with E-state index in [4.69, 9.17) is 4.52 Å². The molecule has 1 fully saturated rings. The Hall–Kier alpha value is -0.590. The van der Waals surface area contributed by atoms with Gasteiger partial charge < -0.3 is 4.52 Å². The predicted octanol–water partition coefficient (Wildman–Crippen LogP) is 4.70. The minimum absolute atomic E-state index is 0.134. The van der Waals surface area contributed by atoms with Crippen LogP contribution >= 0.6 is 7.37 Å². The zero-order valence-electron chi connectivity index (χ0n) is 13.1. The van der Waals surface area contributed by atoms with E-state index >= 15 is 0 Å². The maximum Gasteiger partial charge on any atom is 0.229 e. The van der Waals surface area contributed by atoms with Crippen molar-refractivity contribution in [1.29, 1.82) is 0 Å². The van der Waals surface area contributed by atoms with Crippen LogP contribution in [0.15, 0.2) is 30.3 Å². The van der Waals surface area contributed by atoms with Gasteiger partial charge in [-0.3, -0.25) is 4.57 Å². The van der Waals surface area contributed by atoms with Crippen molar-refractivity contribution in [3.8, 4) is 0 Å². The van der Waals surface area contributed by atoms with E-state index in [1.807, 2.05) is 30.3 Å². The summed E-state index contributed by atoms with van der Waals surface area (Å²) in [4.78, 5) is 0. The first-order chi connectivity index (χ1) is 9.40. The standard InChI is InChI=1S/C17H27O2P/c1-13(2)16-11-10-14(3)12-17(16)19-20(4,18)15-8-6-5-7-9-15/h5-9,13-14,16-17H,10-12H2,1-4H3/t14-,16-,17-,20+/m1/s1. The van der Waals surface area contributed by atoms with Crippen molar-refractivity contribution in [2.24, 2.45) is 17.8 Å². The molecule has 0 unspecified atom stereocenters. The normalized spacial score (nSPS) is 30.1. The highest BCUT2D eigenvalue weighted by Gasteiger charge is 2.35. The summed E-state index contributed by atoms with van der Waals surface area (Å²) in [7, 11) is -2.72. The number of rotatable bonds is 4. The van der Waals surface area contributed by atoms with Crippen LogP contribution in [-0.4, -0.2) is 12.8 Å². The fourth-order valence-electron chi connectivity index (χ4n) is 3.25. The molecule has 1 aromatic carbocycles. The Balaban J connectivity index is 2.15. The molecule has 1 aromatic rings. The molecule has 0 saturated heterocycles. The van der Waals surface area contributed by atoms with Crippen LogP contribution in [0.2, 0.25) is 0 Å². The van der Waals surface area contributed by atoms with Gasteiger partial charge in [-0.15, -0.1) is 0 Å². The van der Waals surface area contributed by atoms with Gasteiger partial charge in [0.25, 0.3) is 0 Å². The Labute approximate surface area is 123 Å². The van der Waals surface area contributed by atoms with E-state index < -0.39 is 7.37 Å². The summed E-state index contributed by atoms with van der Waals surface area (Å²) >= 11 is 0. The molecular weight excluding hydrogens is 267 g/mol. The second kappa shape index (κ2) is 6.45. The molecule has 0 radical (unpaired) electrons. The van der Waals surface area contributed by atoms with E-state index in [1.54, 1.807) is 6.66 Å². The van der Waals surface area contributed by atoms with Crippen LogP contribution in [0.5, 0.6) is 0 Å². The summed E-state index contributed by atoms with van der Waals surface area (Å²) in [5.41, 5.74) is 0. The highest BCUT2D eigenvalue weighted by Crippen LogP contribution is 2.48. The van der Waals surface area contributed by atoms with Gasteiger partial charge in [-0.1, -0.05) is 45.4 Å². The fourth-order valence-corrected chi connectivity index (χ4v) is 4.85. The van der Waals surface area contributed by atoms with Gasteiger partial charge in [-0.2, -0.15) is 0 Å². The minimum atomic E-state index is -2.72. The fraction of sp³-hybridized carbons (Fsp3) is 0.647. The van der Waals surface area contributed by atoms with Gasteiger partial charge in [0.05, 0.1) is 6.10 Å². The zero-order chi connectivity index (χ0) is 14.8. The van der Waals surface area contributed by atoms with Crippen molar-refractivity contribution in [2.45, 2.75) is 46.1 Å². The molecule has 0 N–H and O–H groups in total. The quantitative estimate of drug-likeness (QED) is 0.753. The highest BCUT2D eigenvalue weighted by atomic mass is 31.2. The lowest BCUT2D eigenvalue weighted by atomic mass is 9.75. The van der Waals surface area contributed by atoms with Crippen LogP contribution in [-0.2, 0) is 9.09 Å². The second-order valence-electron chi connectivity index (χ2n) is 6.65. The van der Waals surface area contributed by atoms with Gasteiger partial charge in [0.15, 0.2) is 0 Å².